The fourth-order valence-corrected chi connectivity index (χ4v) is 3.24. The molecule has 1 atom stereocenters. The van der Waals surface area contributed by atoms with E-state index in [1.807, 2.05) is 6.92 Å². The smallest absolute Gasteiger partial charge is 0.161 e. The molecule has 1 aromatic rings. The summed E-state index contributed by atoms with van der Waals surface area (Å²) in [6, 6.07) is 5.26. The first-order chi connectivity index (χ1) is 9.19. The molecule has 1 rings (SSSR count). The van der Waals surface area contributed by atoms with E-state index in [2.05, 4.69) is 0 Å². The summed E-state index contributed by atoms with van der Waals surface area (Å²) in [6.45, 7) is 2.57. The topological polar surface area (TPSA) is 78.6 Å². The molecule has 0 saturated heterocycles. The van der Waals surface area contributed by atoms with E-state index in [-0.39, 0.29) is 5.75 Å². The molecular formula is C13H22BNO4S. The summed E-state index contributed by atoms with van der Waals surface area (Å²) in [7, 11) is 0.0829. The van der Waals surface area contributed by atoms with Crippen molar-refractivity contribution < 1.29 is 17.9 Å². The number of rotatable bonds is 7. The highest BCUT2D eigenvalue weighted by Crippen LogP contribution is 2.31. The fraction of sp³-hybridized carbons (Fsp3) is 0.538. The Labute approximate surface area is 121 Å². The van der Waals surface area contributed by atoms with E-state index in [1.165, 1.54) is 6.26 Å². The van der Waals surface area contributed by atoms with Crippen LogP contribution in [0.15, 0.2) is 18.2 Å². The van der Waals surface area contributed by atoms with Gasteiger partial charge in [-0.25, -0.2) is 8.42 Å². The van der Waals surface area contributed by atoms with Gasteiger partial charge in [0.05, 0.1) is 19.5 Å². The molecule has 0 bridgehead atoms. The van der Waals surface area contributed by atoms with Gasteiger partial charge in [0.25, 0.3) is 0 Å². The molecule has 0 spiro atoms. The lowest BCUT2D eigenvalue weighted by atomic mass is 9.74. The second-order valence-electron chi connectivity index (χ2n) is 5.20. The van der Waals surface area contributed by atoms with Gasteiger partial charge in [-0.2, -0.15) is 0 Å². The molecule has 2 N–H and O–H groups in total. The van der Waals surface area contributed by atoms with Gasteiger partial charge >= 0.3 is 0 Å². The molecule has 0 heterocycles. The average Bonchev–Trinajstić information content (AvgIpc) is 2.33. The zero-order valence-electron chi connectivity index (χ0n) is 12.5. The lowest BCUT2D eigenvalue weighted by molar-refractivity contribution is 0.293. The van der Waals surface area contributed by atoms with Crippen molar-refractivity contribution in [1.29, 1.82) is 0 Å². The van der Waals surface area contributed by atoms with E-state index in [0.717, 1.165) is 6.42 Å². The van der Waals surface area contributed by atoms with Gasteiger partial charge in [-0.05, 0) is 24.1 Å². The molecule has 7 heteroatoms. The molecular weight excluding hydrogens is 277 g/mol. The number of benzene rings is 1. The number of nitrogens with two attached hydrogens (primary N) is 1. The highest BCUT2D eigenvalue weighted by molar-refractivity contribution is 7.90. The van der Waals surface area contributed by atoms with Crippen molar-refractivity contribution in [2.75, 3.05) is 25.7 Å². The zero-order valence-corrected chi connectivity index (χ0v) is 13.3. The lowest BCUT2D eigenvalue weighted by Crippen LogP contribution is -2.43. The first-order valence-electron chi connectivity index (χ1n) is 6.47. The number of ether oxygens (including phenoxy) is 2. The average molecular weight is 299 g/mol. The van der Waals surface area contributed by atoms with Crippen LogP contribution in [0.1, 0.15) is 18.9 Å². The highest BCUT2D eigenvalue weighted by Gasteiger charge is 2.27. The molecule has 0 amide bonds. The van der Waals surface area contributed by atoms with E-state index < -0.39 is 15.3 Å². The van der Waals surface area contributed by atoms with E-state index in [4.69, 9.17) is 15.2 Å². The van der Waals surface area contributed by atoms with Crippen molar-refractivity contribution >= 4 is 17.7 Å². The Morgan fingerprint density at radius 2 is 2.00 bits per heavy atom. The summed E-state index contributed by atoms with van der Waals surface area (Å²) < 4.78 is 33.8. The van der Waals surface area contributed by atoms with Gasteiger partial charge in [0, 0.05) is 11.7 Å². The van der Waals surface area contributed by atoms with Gasteiger partial charge in [0.2, 0.25) is 0 Å². The van der Waals surface area contributed by atoms with Crippen LogP contribution in [0.5, 0.6) is 11.5 Å². The van der Waals surface area contributed by atoms with Crippen LogP contribution in [0, 0.1) is 0 Å². The number of hydrogen-bond donors (Lipinski definition) is 1. The minimum absolute atomic E-state index is 0.125. The third-order valence-electron chi connectivity index (χ3n) is 2.85. The highest BCUT2D eigenvalue weighted by atomic mass is 32.2. The van der Waals surface area contributed by atoms with Crippen molar-refractivity contribution in [2.24, 2.45) is 5.73 Å². The maximum atomic E-state index is 11.5. The van der Waals surface area contributed by atoms with Crippen molar-refractivity contribution in [3.05, 3.63) is 23.8 Å². The quantitative estimate of drug-likeness (QED) is 0.731. The van der Waals surface area contributed by atoms with Crippen molar-refractivity contribution in [1.82, 2.24) is 0 Å². The van der Waals surface area contributed by atoms with Crippen LogP contribution < -0.4 is 15.2 Å². The normalized spacial score (nSPS) is 14.6. The molecule has 112 valence electrons. The summed E-state index contributed by atoms with van der Waals surface area (Å²) in [5.41, 5.74) is 5.87. The van der Waals surface area contributed by atoms with Gasteiger partial charge in [-0.1, -0.05) is 13.0 Å². The molecule has 0 radical (unpaired) electrons. The van der Waals surface area contributed by atoms with Gasteiger partial charge in [0.15, 0.2) is 11.5 Å². The maximum absolute atomic E-state index is 11.5. The van der Waals surface area contributed by atoms with Crippen LogP contribution in [-0.4, -0.2) is 42.0 Å². The van der Waals surface area contributed by atoms with Gasteiger partial charge < -0.3 is 15.2 Å². The largest absolute Gasteiger partial charge is 0.493 e. The fourth-order valence-electron chi connectivity index (χ4n) is 1.98. The Balaban J connectivity index is 3.12. The summed E-state index contributed by atoms with van der Waals surface area (Å²) >= 11 is 0. The molecule has 0 saturated carbocycles. The van der Waals surface area contributed by atoms with Crippen LogP contribution in [0.3, 0.4) is 0 Å². The van der Waals surface area contributed by atoms with E-state index in [1.54, 1.807) is 33.2 Å². The van der Waals surface area contributed by atoms with Crippen LogP contribution in [0.2, 0.25) is 0 Å². The standard InChI is InChI=1S/C13H22BNO4S/c1-4-7-19-12-8-10(5-6-11(12)18-2)13(14,15)9-20(3,16)17/h5-6,8H,4,7,9,14-15H2,1-3H3. The predicted octanol–water partition coefficient (Wildman–Crippen LogP) is 0.273. The SMILES string of the molecule is BC(N)(CS(C)(=O)=O)c1ccc(OC)c(OCCC)c1. The molecule has 5 nitrogen and oxygen atoms in total. The molecule has 0 aliphatic carbocycles. The molecule has 1 aromatic carbocycles. The van der Waals surface area contributed by atoms with Crippen LogP contribution in [0.4, 0.5) is 0 Å². The van der Waals surface area contributed by atoms with E-state index >= 15 is 0 Å². The van der Waals surface area contributed by atoms with Crippen molar-refractivity contribution in [2.45, 2.75) is 18.8 Å². The van der Waals surface area contributed by atoms with Crippen LogP contribution in [-0.2, 0) is 15.3 Å². The number of hydrogen-bond acceptors (Lipinski definition) is 5. The maximum Gasteiger partial charge on any atom is 0.161 e. The van der Waals surface area contributed by atoms with Crippen molar-refractivity contribution in [3.63, 3.8) is 0 Å². The van der Waals surface area contributed by atoms with Gasteiger partial charge in [-0.15, -0.1) is 0 Å². The summed E-state index contributed by atoms with van der Waals surface area (Å²) in [4.78, 5) is 0. The third-order valence-corrected chi connectivity index (χ3v) is 3.97. The summed E-state index contributed by atoms with van der Waals surface area (Å²) in [5, 5.41) is 0. The minimum Gasteiger partial charge on any atom is -0.493 e. The Hall–Kier alpha value is -1.21. The van der Waals surface area contributed by atoms with Gasteiger partial charge in [0.1, 0.15) is 17.7 Å². The van der Waals surface area contributed by atoms with Crippen molar-refractivity contribution in [3.8, 4) is 11.5 Å². The Morgan fingerprint density at radius 1 is 1.35 bits per heavy atom. The zero-order chi connectivity index (χ0) is 15.4. The second-order valence-corrected chi connectivity index (χ2v) is 7.34. The number of sulfone groups is 1. The Bertz CT molecular complexity index is 557. The molecule has 0 aromatic heterocycles. The Morgan fingerprint density at radius 3 is 2.50 bits per heavy atom. The minimum atomic E-state index is -3.17. The molecule has 20 heavy (non-hydrogen) atoms. The molecule has 0 fully saturated rings. The monoisotopic (exact) mass is 299 g/mol. The lowest BCUT2D eigenvalue weighted by Gasteiger charge is -2.25. The van der Waals surface area contributed by atoms with E-state index in [9.17, 15) is 8.42 Å². The van der Waals surface area contributed by atoms with Crippen LogP contribution in [0.25, 0.3) is 0 Å². The summed E-state index contributed by atoms with van der Waals surface area (Å²) in [6.07, 6.45) is 2.05. The molecule has 1 unspecified atom stereocenters. The first-order valence-corrected chi connectivity index (χ1v) is 8.53. The number of methoxy groups -OCH3 is 1. The van der Waals surface area contributed by atoms with Gasteiger partial charge in [-0.3, -0.25) is 0 Å². The summed E-state index contributed by atoms with van der Waals surface area (Å²) in [5.74, 6) is 1.06. The Kier molecular flexibility index (Phi) is 5.47. The first kappa shape index (κ1) is 16.8. The molecule has 0 aliphatic heterocycles. The third kappa shape index (κ3) is 4.72. The molecule has 0 aliphatic rings. The predicted molar refractivity (Wildman–Crippen MR) is 82.9 cm³/mol. The van der Waals surface area contributed by atoms with E-state index in [0.29, 0.717) is 23.7 Å². The second kappa shape index (κ2) is 6.50. The van der Waals surface area contributed by atoms with Crippen LogP contribution >= 0.6 is 0 Å².